The lowest BCUT2D eigenvalue weighted by atomic mass is 10.0. The Labute approximate surface area is 147 Å². The summed E-state index contributed by atoms with van der Waals surface area (Å²) in [7, 11) is 0. The number of amides is 2. The van der Waals surface area contributed by atoms with Crippen LogP contribution in [-0.4, -0.2) is 11.8 Å². The third kappa shape index (κ3) is 3.29. The van der Waals surface area contributed by atoms with Gasteiger partial charge in [0.25, 0.3) is 5.91 Å². The van der Waals surface area contributed by atoms with Gasteiger partial charge in [0.1, 0.15) is 0 Å². The lowest BCUT2D eigenvalue weighted by Crippen LogP contribution is -2.42. The zero-order chi connectivity index (χ0) is 17.2. The smallest absolute Gasteiger partial charge is 0.269 e. The highest BCUT2D eigenvalue weighted by molar-refractivity contribution is 5.96. The molecule has 3 atom stereocenters. The number of hydrazine groups is 1. The molecule has 2 fully saturated rings. The molecule has 4 nitrogen and oxygen atoms in total. The van der Waals surface area contributed by atoms with E-state index in [1.807, 2.05) is 42.5 Å². The molecule has 0 spiro atoms. The van der Waals surface area contributed by atoms with Gasteiger partial charge in [0, 0.05) is 11.5 Å². The van der Waals surface area contributed by atoms with Gasteiger partial charge < -0.3 is 0 Å². The predicted octanol–water partition coefficient (Wildman–Crippen LogP) is 3.55. The molecular weight excluding hydrogens is 312 g/mol. The minimum atomic E-state index is -0.281. The van der Waals surface area contributed by atoms with Crippen molar-refractivity contribution >= 4 is 11.8 Å². The molecule has 2 aromatic carbocycles. The molecule has 25 heavy (non-hydrogen) atoms. The Morgan fingerprint density at radius 1 is 0.760 bits per heavy atom. The average Bonchev–Trinajstić information content (AvgIpc) is 3.41. The van der Waals surface area contributed by atoms with E-state index in [0.717, 1.165) is 24.0 Å². The number of rotatable bonds is 3. The zero-order valence-electron chi connectivity index (χ0n) is 14.1. The van der Waals surface area contributed by atoms with Gasteiger partial charge in [-0.25, -0.2) is 0 Å². The second-order valence-corrected chi connectivity index (χ2v) is 7.02. The van der Waals surface area contributed by atoms with Crippen molar-refractivity contribution in [3.05, 3.63) is 60.2 Å². The van der Waals surface area contributed by atoms with Crippen LogP contribution in [0.15, 0.2) is 54.6 Å². The van der Waals surface area contributed by atoms with Crippen molar-refractivity contribution in [3.63, 3.8) is 0 Å². The Morgan fingerprint density at radius 2 is 1.36 bits per heavy atom. The molecule has 0 radical (unpaired) electrons. The standard InChI is InChI=1S/C21H22N2O2/c24-20(22-23-21(25)19-17-8-4-5-9-18(17)19)16-12-10-15(11-13-16)14-6-2-1-3-7-14/h1-3,6-7,10-13,17-19H,4-5,8-9H2,(H,22,24)(H,23,25)/t17-,18+,19?. The molecule has 4 rings (SSSR count). The van der Waals surface area contributed by atoms with Crippen molar-refractivity contribution in [2.24, 2.45) is 17.8 Å². The van der Waals surface area contributed by atoms with Crippen molar-refractivity contribution in [2.45, 2.75) is 25.7 Å². The number of carbonyl (C=O) groups is 2. The summed E-state index contributed by atoms with van der Waals surface area (Å²) in [6.45, 7) is 0. The van der Waals surface area contributed by atoms with Gasteiger partial charge in [-0.05, 0) is 47.9 Å². The summed E-state index contributed by atoms with van der Waals surface area (Å²) in [5.41, 5.74) is 7.86. The highest BCUT2D eigenvalue weighted by Gasteiger charge is 2.54. The van der Waals surface area contributed by atoms with Crippen molar-refractivity contribution in [1.29, 1.82) is 0 Å². The lowest BCUT2D eigenvalue weighted by Gasteiger charge is -2.08. The summed E-state index contributed by atoms with van der Waals surface area (Å²) in [5, 5.41) is 0. The molecule has 2 saturated carbocycles. The maximum absolute atomic E-state index is 12.2. The van der Waals surface area contributed by atoms with Crippen LogP contribution in [0.4, 0.5) is 0 Å². The van der Waals surface area contributed by atoms with Gasteiger partial charge in [0.05, 0.1) is 0 Å². The van der Waals surface area contributed by atoms with Crippen molar-refractivity contribution in [2.75, 3.05) is 0 Å². The van der Waals surface area contributed by atoms with Crippen LogP contribution in [0.3, 0.4) is 0 Å². The monoisotopic (exact) mass is 334 g/mol. The summed E-state index contributed by atoms with van der Waals surface area (Å²) in [6, 6.07) is 17.4. The molecular formula is C21H22N2O2. The highest BCUT2D eigenvalue weighted by atomic mass is 16.2. The van der Waals surface area contributed by atoms with E-state index in [4.69, 9.17) is 0 Å². The number of hydrogen-bond donors (Lipinski definition) is 2. The summed E-state index contributed by atoms with van der Waals surface area (Å²) in [5.74, 6) is 0.859. The van der Waals surface area contributed by atoms with E-state index < -0.39 is 0 Å². The second-order valence-electron chi connectivity index (χ2n) is 7.02. The minimum Gasteiger partial charge on any atom is -0.273 e. The van der Waals surface area contributed by atoms with Crippen LogP contribution in [-0.2, 0) is 4.79 Å². The second kappa shape index (κ2) is 6.71. The predicted molar refractivity (Wildman–Crippen MR) is 96.4 cm³/mol. The van der Waals surface area contributed by atoms with E-state index in [0.29, 0.717) is 17.4 Å². The Kier molecular flexibility index (Phi) is 4.26. The van der Waals surface area contributed by atoms with E-state index in [1.54, 1.807) is 12.1 Å². The van der Waals surface area contributed by atoms with Gasteiger partial charge in [0.2, 0.25) is 5.91 Å². The molecule has 0 aromatic heterocycles. The van der Waals surface area contributed by atoms with Crippen molar-refractivity contribution in [1.82, 2.24) is 10.9 Å². The van der Waals surface area contributed by atoms with Gasteiger partial charge in [-0.1, -0.05) is 55.3 Å². The summed E-state index contributed by atoms with van der Waals surface area (Å²) < 4.78 is 0. The third-order valence-electron chi connectivity index (χ3n) is 5.51. The zero-order valence-corrected chi connectivity index (χ0v) is 14.1. The van der Waals surface area contributed by atoms with Gasteiger partial charge in [-0.15, -0.1) is 0 Å². The van der Waals surface area contributed by atoms with Crippen molar-refractivity contribution < 1.29 is 9.59 Å². The first kappa shape index (κ1) is 15.9. The van der Waals surface area contributed by atoms with Crippen LogP contribution in [0.25, 0.3) is 11.1 Å². The number of hydrogen-bond acceptors (Lipinski definition) is 2. The largest absolute Gasteiger partial charge is 0.273 e. The van der Waals surface area contributed by atoms with Crippen LogP contribution >= 0.6 is 0 Å². The molecule has 2 amide bonds. The van der Waals surface area contributed by atoms with Crippen molar-refractivity contribution in [3.8, 4) is 11.1 Å². The Balaban J connectivity index is 1.33. The third-order valence-corrected chi connectivity index (χ3v) is 5.51. The van der Waals surface area contributed by atoms with Gasteiger partial charge in [-0.3, -0.25) is 20.4 Å². The topological polar surface area (TPSA) is 58.2 Å². The van der Waals surface area contributed by atoms with E-state index in [-0.39, 0.29) is 17.7 Å². The van der Waals surface area contributed by atoms with Crippen LogP contribution < -0.4 is 10.9 Å². The Hall–Kier alpha value is -2.62. The van der Waals surface area contributed by atoms with Crippen LogP contribution in [0.5, 0.6) is 0 Å². The molecule has 2 aliphatic carbocycles. The molecule has 0 bridgehead atoms. The van der Waals surface area contributed by atoms with Crippen LogP contribution in [0.2, 0.25) is 0 Å². The first-order valence-corrected chi connectivity index (χ1v) is 9.00. The summed E-state index contributed by atoms with van der Waals surface area (Å²) in [6.07, 6.45) is 4.76. The quantitative estimate of drug-likeness (QED) is 0.843. The molecule has 0 saturated heterocycles. The van der Waals surface area contributed by atoms with E-state index >= 15 is 0 Å². The molecule has 1 unspecified atom stereocenters. The lowest BCUT2D eigenvalue weighted by molar-refractivity contribution is -0.123. The normalized spacial score (nSPS) is 24.1. The Morgan fingerprint density at radius 3 is 2.00 bits per heavy atom. The van der Waals surface area contributed by atoms with E-state index in [9.17, 15) is 9.59 Å². The maximum Gasteiger partial charge on any atom is 0.269 e. The molecule has 0 heterocycles. The molecule has 2 aliphatic rings. The fourth-order valence-corrected chi connectivity index (χ4v) is 4.10. The first-order chi connectivity index (χ1) is 12.2. The Bertz CT molecular complexity index is 758. The fourth-order valence-electron chi connectivity index (χ4n) is 4.10. The number of nitrogens with one attached hydrogen (secondary N) is 2. The van der Waals surface area contributed by atoms with Crippen LogP contribution in [0, 0.1) is 17.8 Å². The van der Waals surface area contributed by atoms with E-state index in [2.05, 4.69) is 10.9 Å². The SMILES string of the molecule is O=C(NNC(=O)C1[C@H]2CCCC[C@@H]12)c1ccc(-c2ccccc2)cc1. The van der Waals surface area contributed by atoms with E-state index in [1.165, 1.54) is 12.8 Å². The van der Waals surface area contributed by atoms with Crippen LogP contribution in [0.1, 0.15) is 36.0 Å². The van der Waals surface area contributed by atoms with Gasteiger partial charge in [-0.2, -0.15) is 0 Å². The summed E-state index contributed by atoms with van der Waals surface area (Å²) >= 11 is 0. The average molecular weight is 334 g/mol. The molecule has 4 heteroatoms. The first-order valence-electron chi connectivity index (χ1n) is 9.00. The molecule has 128 valence electrons. The highest BCUT2D eigenvalue weighted by Crippen LogP contribution is 2.55. The fraction of sp³-hybridized carbons (Fsp3) is 0.333. The number of benzene rings is 2. The molecule has 0 aliphatic heterocycles. The summed E-state index contributed by atoms with van der Waals surface area (Å²) in [4.78, 5) is 24.4. The van der Waals surface area contributed by atoms with Gasteiger partial charge >= 0.3 is 0 Å². The van der Waals surface area contributed by atoms with Gasteiger partial charge in [0.15, 0.2) is 0 Å². The molecule has 2 aromatic rings. The number of fused-ring (bicyclic) bond motifs is 1. The minimum absolute atomic E-state index is 0.0360. The number of carbonyl (C=O) groups excluding carboxylic acids is 2. The molecule has 2 N–H and O–H groups in total. The maximum atomic E-state index is 12.2.